The second-order valence-electron chi connectivity index (χ2n) is 6.01. The average molecular weight is 306 g/mol. The molecule has 2 heterocycles. The van der Waals surface area contributed by atoms with Gasteiger partial charge in [-0.1, -0.05) is 12.5 Å². The number of nitrogens with zero attached hydrogens (tertiary/aromatic N) is 1. The minimum atomic E-state index is -0.379. The molecule has 1 atom stereocenters. The number of halogens is 1. The van der Waals surface area contributed by atoms with Crippen molar-refractivity contribution in [1.29, 1.82) is 0 Å². The predicted octanol–water partition coefficient (Wildman–Crippen LogP) is 3.45. The van der Waals surface area contributed by atoms with Crippen molar-refractivity contribution in [3.05, 3.63) is 24.0 Å². The van der Waals surface area contributed by atoms with Crippen molar-refractivity contribution < 1.29 is 18.3 Å². The highest BCUT2D eigenvalue weighted by atomic mass is 19.1. The molecule has 2 aliphatic rings. The van der Waals surface area contributed by atoms with E-state index in [4.69, 9.17) is 13.9 Å². The molecule has 1 spiro atoms. The summed E-state index contributed by atoms with van der Waals surface area (Å²) in [6.07, 6.45) is 5.48. The Balaban J connectivity index is 1.39. The summed E-state index contributed by atoms with van der Waals surface area (Å²) in [5.74, 6) is -0.756. The first-order valence-electron chi connectivity index (χ1n) is 7.85. The van der Waals surface area contributed by atoms with E-state index in [1.165, 1.54) is 12.5 Å². The van der Waals surface area contributed by atoms with Gasteiger partial charge in [0.15, 0.2) is 17.2 Å². The number of hydrogen-bond acceptors (Lipinski definition) is 5. The average Bonchev–Trinajstić information content (AvgIpc) is 3.11. The van der Waals surface area contributed by atoms with Gasteiger partial charge < -0.3 is 19.2 Å². The number of oxazole rings is 1. The third-order valence-electron chi connectivity index (χ3n) is 4.38. The van der Waals surface area contributed by atoms with E-state index in [-0.39, 0.29) is 23.2 Å². The predicted molar refractivity (Wildman–Crippen MR) is 79.1 cm³/mol. The normalized spacial score (nSPS) is 24.1. The Morgan fingerprint density at radius 1 is 1.27 bits per heavy atom. The highest BCUT2D eigenvalue weighted by molar-refractivity contribution is 5.74. The van der Waals surface area contributed by atoms with Crippen LogP contribution in [0, 0.1) is 5.82 Å². The molecule has 1 N–H and O–H groups in total. The van der Waals surface area contributed by atoms with Crippen LogP contribution >= 0.6 is 0 Å². The molecule has 0 bridgehead atoms. The number of nitrogens with one attached hydrogen (secondary N) is 1. The molecule has 1 saturated heterocycles. The van der Waals surface area contributed by atoms with Crippen LogP contribution in [-0.4, -0.2) is 30.0 Å². The van der Waals surface area contributed by atoms with Gasteiger partial charge in [0.25, 0.3) is 6.01 Å². The van der Waals surface area contributed by atoms with Gasteiger partial charge in [-0.25, -0.2) is 4.39 Å². The first-order valence-corrected chi connectivity index (χ1v) is 7.85. The van der Waals surface area contributed by atoms with Crippen molar-refractivity contribution in [2.75, 3.05) is 18.5 Å². The minimum absolute atomic E-state index is 0.0297. The highest BCUT2D eigenvalue weighted by Gasteiger charge is 2.42. The fraction of sp³-hybridized carbons (Fsp3) is 0.562. The molecule has 2 fully saturated rings. The Kier molecular flexibility index (Phi) is 3.50. The van der Waals surface area contributed by atoms with Crippen molar-refractivity contribution in [3.8, 4) is 0 Å². The van der Waals surface area contributed by atoms with E-state index in [2.05, 4.69) is 10.3 Å². The van der Waals surface area contributed by atoms with E-state index < -0.39 is 0 Å². The van der Waals surface area contributed by atoms with Gasteiger partial charge in [-0.3, -0.25) is 0 Å². The van der Waals surface area contributed by atoms with Crippen LogP contribution in [0.4, 0.5) is 10.4 Å². The van der Waals surface area contributed by atoms with Gasteiger partial charge in [-0.15, -0.1) is 0 Å². The van der Waals surface area contributed by atoms with E-state index in [1.807, 2.05) is 0 Å². The number of para-hydroxylation sites is 1. The van der Waals surface area contributed by atoms with Crippen LogP contribution in [0.25, 0.3) is 11.1 Å². The molecule has 0 radical (unpaired) electrons. The SMILES string of the molecule is Fc1cccc2oc(NC[C@H]3COC4(CCCCC4)O3)nc12. The first-order chi connectivity index (χ1) is 10.7. The molecule has 5 nitrogen and oxygen atoms in total. The van der Waals surface area contributed by atoms with Gasteiger partial charge in [0.05, 0.1) is 6.61 Å². The summed E-state index contributed by atoms with van der Waals surface area (Å²) < 4.78 is 31.0. The number of fused-ring (bicyclic) bond motifs is 1. The van der Waals surface area contributed by atoms with Crippen molar-refractivity contribution in [2.45, 2.75) is 44.0 Å². The third kappa shape index (κ3) is 2.57. The molecule has 1 aromatic heterocycles. The maximum atomic E-state index is 13.6. The van der Waals surface area contributed by atoms with Crippen molar-refractivity contribution in [2.24, 2.45) is 0 Å². The number of hydrogen-bond donors (Lipinski definition) is 1. The minimum Gasteiger partial charge on any atom is -0.423 e. The van der Waals surface area contributed by atoms with Crippen LogP contribution in [-0.2, 0) is 9.47 Å². The Morgan fingerprint density at radius 2 is 2.14 bits per heavy atom. The quantitative estimate of drug-likeness (QED) is 0.941. The van der Waals surface area contributed by atoms with E-state index in [1.54, 1.807) is 12.1 Å². The molecule has 0 unspecified atom stereocenters. The zero-order valence-electron chi connectivity index (χ0n) is 12.3. The number of aromatic nitrogens is 1. The molecule has 6 heteroatoms. The van der Waals surface area contributed by atoms with Crippen LogP contribution in [0.15, 0.2) is 22.6 Å². The molecular weight excluding hydrogens is 287 g/mol. The van der Waals surface area contributed by atoms with Crippen LogP contribution in [0.5, 0.6) is 0 Å². The Bertz CT molecular complexity index is 666. The van der Waals surface area contributed by atoms with Crippen molar-refractivity contribution in [1.82, 2.24) is 4.98 Å². The molecule has 1 aliphatic carbocycles. The summed E-state index contributed by atoms with van der Waals surface area (Å²) in [5.41, 5.74) is 0.687. The smallest absolute Gasteiger partial charge is 0.295 e. The highest BCUT2D eigenvalue weighted by Crippen LogP contribution is 2.37. The standard InChI is InChI=1S/C16H19FN2O3/c17-12-5-4-6-13-14(12)19-15(21-13)18-9-11-10-20-16(22-11)7-2-1-3-8-16/h4-6,11H,1-3,7-10H2,(H,18,19)/t11-/m0/s1. The summed E-state index contributed by atoms with van der Waals surface area (Å²) in [7, 11) is 0. The fourth-order valence-electron chi connectivity index (χ4n) is 3.26. The summed E-state index contributed by atoms with van der Waals surface area (Å²) in [5, 5.41) is 3.08. The fourth-order valence-corrected chi connectivity index (χ4v) is 3.26. The maximum Gasteiger partial charge on any atom is 0.295 e. The second-order valence-corrected chi connectivity index (χ2v) is 6.01. The van der Waals surface area contributed by atoms with Gasteiger partial charge in [-0.05, 0) is 25.0 Å². The Hall–Kier alpha value is -1.66. The first kappa shape index (κ1) is 14.0. The Morgan fingerprint density at radius 3 is 2.95 bits per heavy atom. The van der Waals surface area contributed by atoms with Crippen molar-refractivity contribution >= 4 is 17.1 Å². The lowest BCUT2D eigenvalue weighted by atomic mass is 9.94. The van der Waals surface area contributed by atoms with E-state index >= 15 is 0 Å². The maximum absolute atomic E-state index is 13.6. The molecule has 4 rings (SSSR count). The zero-order valence-corrected chi connectivity index (χ0v) is 12.3. The lowest BCUT2D eigenvalue weighted by molar-refractivity contribution is -0.185. The zero-order chi connectivity index (χ0) is 15.0. The number of benzene rings is 1. The second kappa shape index (κ2) is 5.52. The van der Waals surface area contributed by atoms with Gasteiger partial charge in [0, 0.05) is 19.4 Å². The van der Waals surface area contributed by atoms with Crippen molar-refractivity contribution in [3.63, 3.8) is 0 Å². The number of anilines is 1. The van der Waals surface area contributed by atoms with Gasteiger partial charge in [0.2, 0.25) is 0 Å². The molecule has 1 aromatic carbocycles. The number of ether oxygens (including phenoxy) is 2. The monoisotopic (exact) mass is 306 g/mol. The largest absolute Gasteiger partial charge is 0.423 e. The molecule has 1 saturated carbocycles. The van der Waals surface area contributed by atoms with Crippen LogP contribution in [0.3, 0.4) is 0 Å². The molecular formula is C16H19FN2O3. The third-order valence-corrected chi connectivity index (χ3v) is 4.38. The summed E-state index contributed by atoms with van der Waals surface area (Å²) in [6.45, 7) is 1.11. The van der Waals surface area contributed by atoms with E-state index in [0.717, 1.165) is 25.7 Å². The van der Waals surface area contributed by atoms with Gasteiger partial charge >= 0.3 is 0 Å². The van der Waals surface area contributed by atoms with Gasteiger partial charge in [0.1, 0.15) is 11.6 Å². The lowest BCUT2D eigenvalue weighted by Gasteiger charge is -2.31. The number of rotatable bonds is 3. The van der Waals surface area contributed by atoms with Gasteiger partial charge in [-0.2, -0.15) is 4.98 Å². The summed E-state index contributed by atoms with van der Waals surface area (Å²) >= 11 is 0. The van der Waals surface area contributed by atoms with Crippen LogP contribution < -0.4 is 5.32 Å². The molecule has 22 heavy (non-hydrogen) atoms. The van der Waals surface area contributed by atoms with Crippen LogP contribution in [0.1, 0.15) is 32.1 Å². The molecule has 118 valence electrons. The van der Waals surface area contributed by atoms with E-state index in [9.17, 15) is 4.39 Å². The summed E-state index contributed by atoms with van der Waals surface area (Å²) in [4.78, 5) is 4.13. The van der Waals surface area contributed by atoms with E-state index in [0.29, 0.717) is 24.7 Å². The lowest BCUT2D eigenvalue weighted by Crippen LogP contribution is -2.34. The molecule has 0 amide bonds. The molecule has 2 aromatic rings. The molecule has 1 aliphatic heterocycles. The topological polar surface area (TPSA) is 56.5 Å². The van der Waals surface area contributed by atoms with Crippen LogP contribution in [0.2, 0.25) is 0 Å². The Labute approximate surface area is 127 Å². The summed E-state index contributed by atoms with van der Waals surface area (Å²) in [6, 6.07) is 4.99.